The van der Waals surface area contributed by atoms with Gasteiger partial charge in [0.1, 0.15) is 17.2 Å². The lowest BCUT2D eigenvalue weighted by molar-refractivity contribution is 0.465. The molecule has 7 aromatic carbocycles. The molecule has 0 fully saturated rings. The van der Waals surface area contributed by atoms with Crippen LogP contribution in [0.1, 0.15) is 249 Å². The monoisotopic (exact) mass is 1210 g/mol. The molecule has 0 bridgehead atoms. The average molecular weight is 1210 g/mol. The lowest BCUT2D eigenvalue weighted by Crippen LogP contribution is -2.11. The molecular weight excluding hydrogens is 1090 g/mol. The Kier molecular flexibility index (Phi) is 39.1. The first-order valence-corrected chi connectivity index (χ1v) is 29.1. The molecule has 0 aliphatic carbocycles. The molecule has 0 aliphatic rings. The molecule has 7 rings (SSSR count). The molecule has 87 heavy (non-hydrogen) atoms. The van der Waals surface area contributed by atoms with Gasteiger partial charge in [-0.3, -0.25) is 0 Å². The van der Waals surface area contributed by atoms with E-state index in [1.54, 1.807) is 18.2 Å². The molecule has 0 saturated carbocycles. The van der Waals surface area contributed by atoms with Crippen LogP contribution in [-0.2, 0) is 37.9 Å². The first-order valence-electron chi connectivity index (χ1n) is 28.7. The molecule has 0 atom stereocenters. The Morgan fingerprint density at radius 3 is 0.943 bits per heavy atom. The van der Waals surface area contributed by atoms with Gasteiger partial charge in [-0.15, -0.1) is 0 Å². The van der Waals surface area contributed by atoms with Crippen LogP contribution in [0.3, 0.4) is 0 Å². The lowest BCUT2D eigenvalue weighted by Gasteiger charge is -2.20. The zero-order valence-corrected chi connectivity index (χ0v) is 56.3. The van der Waals surface area contributed by atoms with Gasteiger partial charge >= 0.3 is 0 Å². The van der Waals surface area contributed by atoms with E-state index in [0.29, 0.717) is 22.9 Å². The maximum atomic E-state index is 9.60. The summed E-state index contributed by atoms with van der Waals surface area (Å²) in [5, 5.41) is 32.2. The highest BCUT2D eigenvalue weighted by Crippen LogP contribution is 2.31. The van der Waals surface area contributed by atoms with Crippen LogP contribution in [0.2, 0.25) is 5.02 Å². The Morgan fingerprint density at radius 1 is 0.333 bits per heavy atom. The summed E-state index contributed by atoms with van der Waals surface area (Å²) in [5.41, 5.74) is 25.0. The SMILES string of the molecule is C.C.C.C.C.CC(C)(C)c1ccc(Cl)cc1.CC(C)(C)c1ccc(N=[N+]=[N-])cc1.CC(C)(C)c1ccc(O)cc1.Cc1cc(C(C)(C)C)cc(C)c1O.Cc1cc(C(C)(C)C)ccc1O.Cc1ccc(C(C)(C)C)cc1.Cc1cccc(C(C)(C)C)c1. The number of hydrogen-bond donors (Lipinski definition) is 3. The second kappa shape index (κ2) is 38.1. The highest BCUT2D eigenvalue weighted by Gasteiger charge is 2.18. The van der Waals surface area contributed by atoms with Gasteiger partial charge in [-0.2, -0.15) is 0 Å². The van der Waals surface area contributed by atoms with Gasteiger partial charge in [0.15, 0.2) is 0 Å². The van der Waals surface area contributed by atoms with Gasteiger partial charge < -0.3 is 15.3 Å². The van der Waals surface area contributed by atoms with Gasteiger partial charge in [0.25, 0.3) is 0 Å². The summed E-state index contributed by atoms with van der Waals surface area (Å²) >= 11 is 5.76. The first kappa shape index (κ1) is 89.3. The summed E-state index contributed by atoms with van der Waals surface area (Å²) in [5.74, 6) is 1.13. The second-order valence-corrected chi connectivity index (χ2v) is 29.2. The van der Waals surface area contributed by atoms with Gasteiger partial charge in [0.2, 0.25) is 0 Å². The Labute approximate surface area is 541 Å². The Morgan fingerprint density at radius 2 is 0.632 bits per heavy atom. The fraction of sp³-hybridized carbons (Fsp3) is 0.475. The molecule has 0 saturated heterocycles. The fourth-order valence-electron chi connectivity index (χ4n) is 7.67. The third kappa shape index (κ3) is 34.6. The smallest absolute Gasteiger partial charge is 0.121 e. The van der Waals surface area contributed by atoms with Crippen molar-refractivity contribution in [2.45, 2.75) is 255 Å². The van der Waals surface area contributed by atoms with E-state index in [2.05, 4.69) is 242 Å². The first-order chi connectivity index (χ1) is 37.3. The number of nitrogens with zero attached hydrogens (tertiary/aromatic N) is 3. The standard InChI is InChI=1S/C12H18O.C11H16O.2C11H16.C10H13Cl.C10H13N3.C10H14O.5CH4/c1-8-6-10(12(3,4)5)7-9(2)11(8)13;1-8-7-9(11(2,3)4)5-6-10(8)12;1-9-5-7-10(8-6-9)11(2,3)4;1-9-6-5-7-10(8-9)11(2,3)4;1-10(2,3)8-4-6-9(11)7-5-8;1-10(2,3)8-4-6-9(7-5-8)12-13-11;1-10(2,3)8-4-6-9(11)7-5-8;;;;;/h6-7,13H,1-5H3;5-7,12H,1-4H3;2*5-8H,1-4H3;4-7H,1-3H3;4-7H,1-3H3;4-7,11H,1-3H3;5*1H4. The van der Waals surface area contributed by atoms with Gasteiger partial charge in [-0.1, -0.05) is 332 Å². The summed E-state index contributed by atoms with van der Waals surface area (Å²) in [4.78, 5) is 2.72. The molecule has 7 aromatic rings. The van der Waals surface area contributed by atoms with Gasteiger partial charge in [-0.25, -0.2) is 0 Å². The molecule has 0 aliphatic heterocycles. The molecule has 7 heteroatoms. The van der Waals surface area contributed by atoms with Crippen molar-refractivity contribution < 1.29 is 15.3 Å². The van der Waals surface area contributed by atoms with Crippen LogP contribution in [0.15, 0.2) is 157 Å². The van der Waals surface area contributed by atoms with E-state index in [1.807, 2.05) is 81.4 Å². The number of phenols is 3. The summed E-state index contributed by atoms with van der Waals surface area (Å²) in [6.45, 7) is 56.0. The number of halogens is 1. The summed E-state index contributed by atoms with van der Waals surface area (Å²) in [6, 6.07) is 50.3. The molecule has 0 aromatic heterocycles. The van der Waals surface area contributed by atoms with Crippen LogP contribution in [0.5, 0.6) is 17.2 Å². The van der Waals surface area contributed by atoms with Crippen molar-refractivity contribution in [3.63, 3.8) is 0 Å². The second-order valence-electron chi connectivity index (χ2n) is 28.7. The predicted octanol–water partition coefficient (Wildman–Crippen LogP) is 26.3. The van der Waals surface area contributed by atoms with E-state index in [1.165, 1.54) is 50.1 Å². The number of aryl methyl sites for hydroxylation is 5. The van der Waals surface area contributed by atoms with Crippen LogP contribution in [-0.4, -0.2) is 15.3 Å². The predicted molar refractivity (Wildman–Crippen MR) is 392 cm³/mol. The lowest BCUT2D eigenvalue weighted by atomic mass is 9.85. The Hall–Kier alpha value is -6.46. The number of azide groups is 1. The fourth-order valence-corrected chi connectivity index (χ4v) is 7.79. The minimum atomic E-state index is 0. The molecule has 0 amide bonds. The maximum Gasteiger partial charge on any atom is 0.121 e. The number of benzene rings is 7. The van der Waals surface area contributed by atoms with Crippen molar-refractivity contribution in [2.24, 2.45) is 5.11 Å². The van der Waals surface area contributed by atoms with Crippen LogP contribution in [0, 0.1) is 34.6 Å². The third-order valence-electron chi connectivity index (χ3n) is 13.6. The minimum Gasteiger partial charge on any atom is -0.508 e. The largest absolute Gasteiger partial charge is 0.508 e. The average Bonchev–Trinajstić information content (AvgIpc) is 3.48. The summed E-state index contributed by atoms with van der Waals surface area (Å²) < 4.78 is 0. The van der Waals surface area contributed by atoms with Gasteiger partial charge in [0, 0.05) is 15.6 Å². The minimum absolute atomic E-state index is 0. The van der Waals surface area contributed by atoms with E-state index in [-0.39, 0.29) is 75.0 Å². The zero-order valence-electron chi connectivity index (χ0n) is 55.5. The molecular formula is C80H126ClN3O3. The Bertz CT molecular complexity index is 2890. The number of aromatic hydroxyl groups is 3. The van der Waals surface area contributed by atoms with Crippen LogP contribution >= 0.6 is 11.6 Å². The van der Waals surface area contributed by atoms with E-state index < -0.39 is 0 Å². The van der Waals surface area contributed by atoms with Crippen LogP contribution in [0.25, 0.3) is 10.4 Å². The molecule has 0 heterocycles. The Balaban J connectivity index is -0.000000298. The van der Waals surface area contributed by atoms with Crippen molar-refractivity contribution in [2.75, 3.05) is 0 Å². The van der Waals surface area contributed by atoms with Crippen molar-refractivity contribution in [1.29, 1.82) is 0 Å². The van der Waals surface area contributed by atoms with Gasteiger partial charge in [0.05, 0.1) is 0 Å². The third-order valence-corrected chi connectivity index (χ3v) is 13.8. The van der Waals surface area contributed by atoms with E-state index in [0.717, 1.165) is 21.7 Å². The van der Waals surface area contributed by atoms with E-state index in [9.17, 15) is 10.2 Å². The van der Waals surface area contributed by atoms with Crippen molar-refractivity contribution in [3.8, 4) is 17.2 Å². The normalized spacial score (nSPS) is 10.8. The summed E-state index contributed by atoms with van der Waals surface area (Å²) in [6.07, 6.45) is 0. The topological polar surface area (TPSA) is 109 Å². The van der Waals surface area contributed by atoms with E-state index >= 15 is 0 Å². The van der Waals surface area contributed by atoms with E-state index in [4.69, 9.17) is 22.2 Å². The van der Waals surface area contributed by atoms with Crippen LogP contribution in [0.4, 0.5) is 5.69 Å². The highest BCUT2D eigenvalue weighted by molar-refractivity contribution is 6.30. The van der Waals surface area contributed by atoms with Crippen LogP contribution < -0.4 is 0 Å². The number of hydrogen-bond acceptors (Lipinski definition) is 4. The van der Waals surface area contributed by atoms with Crippen molar-refractivity contribution >= 4 is 17.3 Å². The molecule has 0 spiro atoms. The zero-order chi connectivity index (χ0) is 63.4. The van der Waals surface area contributed by atoms with Gasteiger partial charge in [-0.05, 0) is 164 Å². The molecule has 0 unspecified atom stereocenters. The molecule has 0 radical (unpaired) electrons. The molecule has 3 N–H and O–H groups in total. The number of rotatable bonds is 1. The van der Waals surface area contributed by atoms with Crippen molar-refractivity contribution in [1.82, 2.24) is 0 Å². The molecule has 486 valence electrons. The molecule has 6 nitrogen and oxygen atoms in total. The quantitative estimate of drug-likeness (QED) is 0.0865. The van der Waals surface area contributed by atoms with Crippen molar-refractivity contribution in [3.05, 3.63) is 234 Å². The maximum absolute atomic E-state index is 9.60. The highest BCUT2D eigenvalue weighted by atomic mass is 35.5. The summed E-state index contributed by atoms with van der Waals surface area (Å²) in [7, 11) is 0. The number of phenolic OH excluding ortho intramolecular Hbond substituents is 3.